The van der Waals surface area contributed by atoms with Crippen LogP contribution in [0.2, 0.25) is 0 Å². The number of anilines is 1. The normalized spacial score (nSPS) is 10.9. The lowest BCUT2D eigenvalue weighted by Crippen LogP contribution is -2.23. The van der Waals surface area contributed by atoms with Gasteiger partial charge in [0.25, 0.3) is 5.56 Å². The molecule has 0 aliphatic rings. The maximum Gasteiger partial charge on any atom is 0.269 e. The molecule has 0 aliphatic carbocycles. The van der Waals surface area contributed by atoms with Crippen LogP contribution in [0.1, 0.15) is 19.4 Å². The average molecular weight is 354 g/mol. The fourth-order valence-corrected chi connectivity index (χ4v) is 2.19. The first-order chi connectivity index (χ1) is 9.97. The Bertz CT molecular complexity index is 685. The molecule has 112 valence electrons. The zero-order valence-electron chi connectivity index (χ0n) is 11.9. The van der Waals surface area contributed by atoms with Gasteiger partial charge in [-0.2, -0.15) is 5.10 Å². The SMILES string of the molecule is CC(C)CNc1cnn(Cc2cccc(F)c2Br)c(=O)c1. The van der Waals surface area contributed by atoms with Crippen molar-refractivity contribution in [3.8, 4) is 0 Å². The number of benzene rings is 1. The van der Waals surface area contributed by atoms with Crippen molar-refractivity contribution in [2.45, 2.75) is 20.4 Å². The number of rotatable bonds is 5. The van der Waals surface area contributed by atoms with Gasteiger partial charge in [-0.3, -0.25) is 4.79 Å². The Morgan fingerprint density at radius 2 is 2.19 bits per heavy atom. The van der Waals surface area contributed by atoms with Crippen molar-refractivity contribution < 1.29 is 4.39 Å². The molecule has 0 radical (unpaired) electrons. The first-order valence-corrected chi connectivity index (χ1v) is 7.50. The van der Waals surface area contributed by atoms with Gasteiger partial charge in [-0.05, 0) is 33.5 Å². The Hall–Kier alpha value is -1.69. The zero-order chi connectivity index (χ0) is 15.4. The quantitative estimate of drug-likeness (QED) is 0.897. The minimum Gasteiger partial charge on any atom is -0.383 e. The van der Waals surface area contributed by atoms with E-state index in [-0.39, 0.29) is 17.9 Å². The highest BCUT2D eigenvalue weighted by molar-refractivity contribution is 9.10. The van der Waals surface area contributed by atoms with Gasteiger partial charge in [-0.1, -0.05) is 26.0 Å². The molecule has 0 spiro atoms. The van der Waals surface area contributed by atoms with E-state index in [4.69, 9.17) is 0 Å². The average Bonchev–Trinajstić information content (AvgIpc) is 2.44. The second kappa shape index (κ2) is 6.85. The van der Waals surface area contributed by atoms with Crippen molar-refractivity contribution >= 4 is 21.6 Å². The summed E-state index contributed by atoms with van der Waals surface area (Å²) in [7, 11) is 0. The van der Waals surface area contributed by atoms with Crippen molar-refractivity contribution in [2.75, 3.05) is 11.9 Å². The Kier molecular flexibility index (Phi) is 5.12. The topological polar surface area (TPSA) is 46.9 Å². The van der Waals surface area contributed by atoms with Crippen molar-refractivity contribution in [1.82, 2.24) is 9.78 Å². The number of aromatic nitrogens is 2. The fraction of sp³-hybridized carbons (Fsp3) is 0.333. The van der Waals surface area contributed by atoms with Crippen molar-refractivity contribution in [3.05, 3.63) is 56.7 Å². The monoisotopic (exact) mass is 353 g/mol. The van der Waals surface area contributed by atoms with Crippen molar-refractivity contribution in [1.29, 1.82) is 0 Å². The van der Waals surface area contributed by atoms with Crippen LogP contribution in [0.25, 0.3) is 0 Å². The van der Waals surface area contributed by atoms with Gasteiger partial charge in [-0.25, -0.2) is 9.07 Å². The van der Waals surface area contributed by atoms with E-state index in [9.17, 15) is 9.18 Å². The minimum absolute atomic E-state index is 0.222. The fourth-order valence-electron chi connectivity index (χ4n) is 1.80. The number of hydrogen-bond donors (Lipinski definition) is 1. The summed E-state index contributed by atoms with van der Waals surface area (Å²) in [6.07, 6.45) is 1.61. The van der Waals surface area contributed by atoms with Crippen LogP contribution in [0.15, 0.2) is 39.7 Å². The molecule has 6 heteroatoms. The Morgan fingerprint density at radius 1 is 1.43 bits per heavy atom. The maximum atomic E-state index is 13.5. The van der Waals surface area contributed by atoms with Gasteiger partial charge in [0.2, 0.25) is 0 Å². The van der Waals surface area contributed by atoms with Crippen LogP contribution in [0.3, 0.4) is 0 Å². The first kappa shape index (κ1) is 15.7. The van der Waals surface area contributed by atoms with E-state index in [1.807, 2.05) is 0 Å². The highest BCUT2D eigenvalue weighted by atomic mass is 79.9. The molecule has 0 aliphatic heterocycles. The maximum absolute atomic E-state index is 13.5. The Labute approximate surface area is 131 Å². The van der Waals surface area contributed by atoms with E-state index in [1.165, 1.54) is 16.8 Å². The molecule has 0 unspecified atom stereocenters. The van der Waals surface area contributed by atoms with Crippen LogP contribution in [-0.4, -0.2) is 16.3 Å². The van der Waals surface area contributed by atoms with Crippen LogP contribution in [-0.2, 0) is 6.54 Å². The summed E-state index contributed by atoms with van der Waals surface area (Å²) < 4.78 is 15.1. The summed E-state index contributed by atoms with van der Waals surface area (Å²) in [5, 5.41) is 7.27. The van der Waals surface area contributed by atoms with E-state index < -0.39 is 0 Å². The van der Waals surface area contributed by atoms with E-state index in [0.29, 0.717) is 21.6 Å². The number of hydrogen-bond acceptors (Lipinski definition) is 3. The molecule has 0 saturated carbocycles. The van der Waals surface area contributed by atoms with Crippen LogP contribution < -0.4 is 10.9 Å². The molecule has 0 amide bonds. The third kappa shape index (κ3) is 4.14. The highest BCUT2D eigenvalue weighted by Gasteiger charge is 2.08. The summed E-state index contributed by atoms with van der Waals surface area (Å²) in [6, 6.07) is 6.23. The molecule has 2 aromatic rings. The van der Waals surface area contributed by atoms with E-state index in [1.54, 1.807) is 18.3 Å². The summed E-state index contributed by atoms with van der Waals surface area (Å²) in [5.74, 6) is 0.131. The lowest BCUT2D eigenvalue weighted by molar-refractivity contribution is 0.603. The molecule has 1 heterocycles. The predicted octanol–water partition coefficient (Wildman–Crippen LogP) is 3.26. The van der Waals surface area contributed by atoms with Gasteiger partial charge in [0, 0.05) is 12.6 Å². The van der Waals surface area contributed by atoms with Gasteiger partial charge in [-0.15, -0.1) is 0 Å². The predicted molar refractivity (Wildman–Crippen MR) is 85.0 cm³/mol. The van der Waals surface area contributed by atoms with Gasteiger partial charge < -0.3 is 5.32 Å². The number of nitrogens with zero attached hydrogens (tertiary/aromatic N) is 2. The molecule has 0 saturated heterocycles. The van der Waals surface area contributed by atoms with Crippen molar-refractivity contribution in [2.24, 2.45) is 5.92 Å². The molecule has 0 bridgehead atoms. The minimum atomic E-state index is -0.351. The van der Waals surface area contributed by atoms with Gasteiger partial charge in [0.15, 0.2) is 0 Å². The highest BCUT2D eigenvalue weighted by Crippen LogP contribution is 2.20. The largest absolute Gasteiger partial charge is 0.383 e. The van der Waals surface area contributed by atoms with Gasteiger partial charge in [0.1, 0.15) is 5.82 Å². The number of halogens is 2. The molecule has 1 N–H and O–H groups in total. The summed E-state index contributed by atoms with van der Waals surface area (Å²) in [4.78, 5) is 12.0. The molecule has 4 nitrogen and oxygen atoms in total. The van der Waals surface area contributed by atoms with Gasteiger partial charge in [0.05, 0.1) is 22.9 Å². The summed E-state index contributed by atoms with van der Waals surface area (Å²) in [6.45, 7) is 5.18. The summed E-state index contributed by atoms with van der Waals surface area (Å²) >= 11 is 3.19. The second-order valence-corrected chi connectivity index (χ2v) is 6.02. The molecule has 0 fully saturated rings. The van der Waals surface area contributed by atoms with Crippen LogP contribution >= 0.6 is 15.9 Å². The van der Waals surface area contributed by atoms with Crippen LogP contribution in [0.5, 0.6) is 0 Å². The molecule has 1 aromatic heterocycles. The van der Waals surface area contributed by atoms with E-state index >= 15 is 0 Å². The lowest BCUT2D eigenvalue weighted by Gasteiger charge is -2.10. The van der Waals surface area contributed by atoms with Crippen molar-refractivity contribution in [3.63, 3.8) is 0 Å². The van der Waals surface area contributed by atoms with E-state index in [2.05, 4.69) is 40.2 Å². The Balaban J connectivity index is 2.18. The van der Waals surface area contributed by atoms with Crippen LogP contribution in [0, 0.1) is 11.7 Å². The molecule has 1 aromatic carbocycles. The van der Waals surface area contributed by atoms with Crippen LogP contribution in [0.4, 0.5) is 10.1 Å². The molecule has 21 heavy (non-hydrogen) atoms. The molecular formula is C15H17BrFN3O. The molecule has 0 atom stereocenters. The third-order valence-electron chi connectivity index (χ3n) is 2.94. The van der Waals surface area contributed by atoms with E-state index in [0.717, 1.165) is 6.54 Å². The third-order valence-corrected chi connectivity index (χ3v) is 3.82. The standard InChI is InChI=1S/C15H17BrFN3O/c1-10(2)7-18-12-6-14(21)20(19-8-12)9-11-4-3-5-13(17)15(11)16/h3-6,8,10,18H,7,9H2,1-2H3. The second-order valence-electron chi connectivity index (χ2n) is 5.23. The summed E-state index contributed by atoms with van der Waals surface area (Å²) in [5.41, 5.74) is 1.15. The Morgan fingerprint density at radius 3 is 2.86 bits per heavy atom. The number of nitrogens with one attached hydrogen (secondary N) is 1. The van der Waals surface area contributed by atoms with Gasteiger partial charge >= 0.3 is 0 Å². The first-order valence-electron chi connectivity index (χ1n) is 6.71. The molecular weight excluding hydrogens is 337 g/mol. The zero-order valence-corrected chi connectivity index (χ0v) is 13.5. The lowest BCUT2D eigenvalue weighted by atomic mass is 10.2. The molecule has 2 rings (SSSR count). The smallest absolute Gasteiger partial charge is 0.269 e.